The van der Waals surface area contributed by atoms with Crippen LogP contribution in [0.2, 0.25) is 0 Å². The number of alkyl carbamates (subject to hydrolysis) is 1. The molecule has 0 fully saturated rings. The zero-order chi connectivity index (χ0) is 18.9. The number of nitrogens with zero attached hydrogens (tertiary/aromatic N) is 1. The van der Waals surface area contributed by atoms with E-state index in [2.05, 4.69) is 19.9 Å². The van der Waals surface area contributed by atoms with Crippen molar-refractivity contribution in [2.75, 3.05) is 20.2 Å². The van der Waals surface area contributed by atoms with Gasteiger partial charge in [0.25, 0.3) is 4.92 Å². The Morgan fingerprint density at radius 2 is 1.88 bits per heavy atom. The molecule has 1 rings (SSSR count). The highest BCUT2D eigenvalue weighted by Gasteiger charge is 2.17. The molecular formula is C16H26N3O5S+. The highest BCUT2D eigenvalue weighted by atomic mass is 32.2. The third-order valence-electron chi connectivity index (χ3n) is 2.81. The fourth-order valence-electron chi connectivity index (χ4n) is 1.66. The van der Waals surface area contributed by atoms with Crippen LogP contribution in [0.1, 0.15) is 27.7 Å². The average molecular weight is 372 g/mol. The minimum Gasteiger partial charge on any atom is -0.444 e. The van der Waals surface area contributed by atoms with Gasteiger partial charge in [0.1, 0.15) is 5.60 Å². The zero-order valence-corrected chi connectivity index (χ0v) is 16.0. The molecule has 0 aliphatic carbocycles. The van der Waals surface area contributed by atoms with Crippen LogP contribution in [-0.2, 0) is 14.6 Å². The zero-order valence-electron chi connectivity index (χ0n) is 15.2. The Kier molecular flexibility index (Phi) is 8.67. The first-order valence-electron chi connectivity index (χ1n) is 7.86. The maximum atomic E-state index is 11.6. The van der Waals surface area contributed by atoms with E-state index in [0.717, 1.165) is 4.90 Å². The van der Waals surface area contributed by atoms with Crippen molar-refractivity contribution in [3.8, 4) is 0 Å². The van der Waals surface area contributed by atoms with Crippen LogP contribution in [0.5, 0.6) is 0 Å². The van der Waals surface area contributed by atoms with Crippen molar-refractivity contribution in [1.29, 1.82) is 0 Å². The fraction of sp³-hybridized carbons (Fsp3) is 0.562. The van der Waals surface area contributed by atoms with E-state index >= 15 is 0 Å². The van der Waals surface area contributed by atoms with E-state index in [0.29, 0.717) is 18.8 Å². The standard InChI is InChI=1S/C16H25N3O5S/c1-12(10-17-15(20)23-16(2,3)4)11-18-25-14-8-6-13(7-9-14)19(21)24-22-5/h6-9,12,18H,10-11H2,1-5H3/p+1. The van der Waals surface area contributed by atoms with Crippen LogP contribution in [0.4, 0.5) is 10.5 Å². The highest BCUT2D eigenvalue weighted by Crippen LogP contribution is 2.19. The smallest absolute Gasteiger partial charge is 0.407 e. The topological polar surface area (TPSA) is 88.9 Å². The van der Waals surface area contributed by atoms with E-state index < -0.39 is 11.7 Å². The number of hydrogen-bond acceptors (Lipinski definition) is 7. The number of ether oxygens (including phenoxy) is 1. The van der Waals surface area contributed by atoms with E-state index in [9.17, 15) is 9.70 Å². The molecule has 0 aliphatic heterocycles. The van der Waals surface area contributed by atoms with Gasteiger partial charge >= 0.3 is 11.8 Å². The van der Waals surface area contributed by atoms with Gasteiger partial charge in [-0.3, -0.25) is 4.72 Å². The van der Waals surface area contributed by atoms with Crippen LogP contribution in [0.3, 0.4) is 0 Å². The van der Waals surface area contributed by atoms with Gasteiger partial charge in [-0.25, -0.2) is 4.79 Å². The maximum Gasteiger partial charge on any atom is 0.407 e. The normalized spacial score (nSPS) is 12.4. The molecule has 1 aromatic rings. The number of rotatable bonds is 9. The first kappa shape index (κ1) is 21.2. The fourth-order valence-corrected chi connectivity index (χ4v) is 2.46. The summed E-state index contributed by atoms with van der Waals surface area (Å²) in [5.74, 6) is 0.228. The summed E-state index contributed by atoms with van der Waals surface area (Å²) in [5, 5.41) is 2.74. The molecule has 1 unspecified atom stereocenters. The molecule has 0 heterocycles. The van der Waals surface area contributed by atoms with Crippen LogP contribution in [-0.4, -0.2) is 36.8 Å². The number of hydrogen-bond donors (Lipinski definition) is 2. The van der Waals surface area contributed by atoms with Gasteiger partial charge < -0.3 is 10.1 Å². The van der Waals surface area contributed by atoms with Gasteiger partial charge in [-0.05, 0) is 55.8 Å². The van der Waals surface area contributed by atoms with Crippen molar-refractivity contribution in [3.63, 3.8) is 0 Å². The summed E-state index contributed by atoms with van der Waals surface area (Å²) in [6.07, 6.45) is -0.414. The van der Waals surface area contributed by atoms with Crippen molar-refractivity contribution in [2.45, 2.75) is 38.2 Å². The van der Waals surface area contributed by atoms with Crippen LogP contribution in [0, 0.1) is 10.8 Å². The predicted octanol–water partition coefficient (Wildman–Crippen LogP) is 3.35. The van der Waals surface area contributed by atoms with Crippen LogP contribution >= 0.6 is 11.9 Å². The first-order valence-corrected chi connectivity index (χ1v) is 8.67. The Hall–Kier alpha value is -1.84. The van der Waals surface area contributed by atoms with Gasteiger partial charge in [-0.1, -0.05) is 6.92 Å². The largest absolute Gasteiger partial charge is 0.444 e. The summed E-state index contributed by atoms with van der Waals surface area (Å²) in [5.41, 5.74) is -0.164. The molecule has 0 saturated carbocycles. The summed E-state index contributed by atoms with van der Waals surface area (Å²) in [6.45, 7) is 8.71. The summed E-state index contributed by atoms with van der Waals surface area (Å²) < 4.78 is 8.41. The molecule has 0 saturated heterocycles. The highest BCUT2D eigenvalue weighted by molar-refractivity contribution is 7.97. The maximum absolute atomic E-state index is 11.6. The van der Waals surface area contributed by atoms with Crippen molar-refractivity contribution >= 4 is 23.7 Å². The van der Waals surface area contributed by atoms with E-state index in [-0.39, 0.29) is 10.8 Å². The second-order valence-electron chi connectivity index (χ2n) is 6.43. The molecule has 8 nitrogen and oxygen atoms in total. The van der Waals surface area contributed by atoms with Gasteiger partial charge in [0.2, 0.25) is 0 Å². The third kappa shape index (κ3) is 9.28. The molecule has 1 aromatic carbocycles. The summed E-state index contributed by atoms with van der Waals surface area (Å²) >= 11 is 1.44. The molecule has 0 radical (unpaired) electrons. The minimum atomic E-state index is -0.498. The number of benzene rings is 1. The Balaban J connectivity index is 2.28. The molecule has 0 aromatic heterocycles. The molecule has 0 aliphatic rings. The Morgan fingerprint density at radius 3 is 2.44 bits per heavy atom. The molecule has 0 spiro atoms. The Bertz CT molecular complexity index is 560. The third-order valence-corrected chi connectivity index (χ3v) is 3.62. The molecule has 1 atom stereocenters. The van der Waals surface area contributed by atoms with Gasteiger partial charge in [0.15, 0.2) is 0 Å². The lowest BCUT2D eigenvalue weighted by Crippen LogP contribution is -2.36. The van der Waals surface area contributed by atoms with Crippen molar-refractivity contribution in [2.24, 2.45) is 5.92 Å². The average Bonchev–Trinajstić information content (AvgIpc) is 2.52. The van der Waals surface area contributed by atoms with Crippen LogP contribution in [0.15, 0.2) is 29.2 Å². The lowest BCUT2D eigenvalue weighted by atomic mass is 10.2. The van der Waals surface area contributed by atoms with Gasteiger partial charge in [0.05, 0.1) is 12.0 Å². The van der Waals surface area contributed by atoms with Gasteiger partial charge in [-0.2, -0.15) is 0 Å². The van der Waals surface area contributed by atoms with E-state index in [1.807, 2.05) is 27.7 Å². The number of nitrogens with one attached hydrogen (secondary N) is 2. The predicted molar refractivity (Wildman–Crippen MR) is 95.1 cm³/mol. The second kappa shape index (κ2) is 10.2. The van der Waals surface area contributed by atoms with E-state index in [1.54, 1.807) is 24.3 Å². The number of carbonyl (C=O) groups is 1. The van der Waals surface area contributed by atoms with Crippen LogP contribution in [0.25, 0.3) is 0 Å². The Morgan fingerprint density at radius 1 is 1.24 bits per heavy atom. The van der Waals surface area contributed by atoms with Crippen LogP contribution < -0.4 is 10.0 Å². The van der Waals surface area contributed by atoms with Crippen molar-refractivity contribution in [3.05, 3.63) is 29.2 Å². The number of amides is 1. The second-order valence-corrected chi connectivity index (χ2v) is 7.39. The van der Waals surface area contributed by atoms with Gasteiger partial charge in [0, 0.05) is 30.1 Å². The van der Waals surface area contributed by atoms with E-state index in [4.69, 9.17) is 4.74 Å². The molecule has 0 bridgehead atoms. The first-order chi connectivity index (χ1) is 11.7. The molecule has 2 N–H and O–H groups in total. The minimum absolute atomic E-state index is 0.228. The monoisotopic (exact) mass is 372 g/mol. The Labute approximate surface area is 152 Å². The summed E-state index contributed by atoms with van der Waals surface area (Å²) in [7, 11) is 1.26. The lowest BCUT2D eigenvalue weighted by molar-refractivity contribution is -0.837. The lowest BCUT2D eigenvalue weighted by Gasteiger charge is -2.20. The quantitative estimate of drug-likeness (QED) is 0.390. The molecule has 140 valence electrons. The molecule has 1 amide bonds. The number of carbonyl (C=O) groups excluding carboxylic acids is 1. The SMILES string of the molecule is COO[N+](=O)c1ccc(SNCC(C)CNC(=O)OC(C)(C)C)cc1. The van der Waals surface area contributed by atoms with Crippen molar-refractivity contribution < 1.29 is 24.3 Å². The van der Waals surface area contributed by atoms with E-state index in [1.165, 1.54) is 19.1 Å². The van der Waals surface area contributed by atoms with Gasteiger partial charge in [-0.15, -0.1) is 4.89 Å². The molecule has 9 heteroatoms. The van der Waals surface area contributed by atoms with Crippen molar-refractivity contribution in [1.82, 2.24) is 10.0 Å². The molecular weight excluding hydrogens is 346 g/mol. The summed E-state index contributed by atoms with van der Waals surface area (Å²) in [4.78, 5) is 32.9. The summed E-state index contributed by atoms with van der Waals surface area (Å²) in [6, 6.07) is 6.84. The molecule has 25 heavy (non-hydrogen) atoms.